The Morgan fingerprint density at radius 1 is 0.920 bits per heavy atom. The predicted molar refractivity (Wildman–Crippen MR) is 113 cm³/mol. The third-order valence-corrected chi connectivity index (χ3v) is 2.67. The summed E-state index contributed by atoms with van der Waals surface area (Å²) in [5, 5.41) is 12.9. The molecule has 0 spiro atoms. The number of para-hydroxylation sites is 1. The zero-order valence-electron chi connectivity index (χ0n) is 13.8. The Morgan fingerprint density at radius 2 is 1.40 bits per heavy atom. The van der Waals surface area contributed by atoms with E-state index in [2.05, 4.69) is 21.4 Å². The Morgan fingerprint density at radius 3 is 1.84 bits per heavy atom. The second kappa shape index (κ2) is 7.19. The van der Waals surface area contributed by atoms with Gasteiger partial charge in [0.25, 0.3) is 5.66 Å². The van der Waals surface area contributed by atoms with Gasteiger partial charge in [0.15, 0.2) is 0 Å². The summed E-state index contributed by atoms with van der Waals surface area (Å²) in [6, 6.07) is 8.10. The number of aromatic amines is 1. The van der Waals surface area contributed by atoms with E-state index < -0.39 is 19.8 Å². The third kappa shape index (κ3) is 12.3. The van der Waals surface area contributed by atoms with Gasteiger partial charge in [0.2, 0.25) is 6.20 Å². The van der Waals surface area contributed by atoms with Crippen LogP contribution in [-0.4, -0.2) is 19.2 Å². The normalized spacial score (nSPS) is 16.3. The maximum absolute atomic E-state index is 6.03. The third-order valence-electron chi connectivity index (χ3n) is 2.59. The van der Waals surface area contributed by atoms with Gasteiger partial charge in [-0.1, -0.05) is 28.4 Å². The van der Waals surface area contributed by atoms with Crippen molar-refractivity contribution >= 4 is 84.6 Å². The fraction of sp³-hybridized carbons (Fsp3) is 0.462. The van der Waals surface area contributed by atoms with Gasteiger partial charge in [-0.05, 0) is 26.0 Å². The van der Waals surface area contributed by atoms with Crippen LogP contribution in [0.4, 0.5) is 0 Å². The Bertz CT molecular complexity index is 728. The fourth-order valence-electron chi connectivity index (χ4n) is 1.60. The molecule has 12 heteroatoms. The summed E-state index contributed by atoms with van der Waals surface area (Å²) < 4.78 is 1.93. The molecule has 0 fully saturated rings. The average molecular weight is 600 g/mol. The summed E-state index contributed by atoms with van der Waals surface area (Å²) in [6.45, 7) is 7.58. The topological polar surface area (TPSA) is 44.4 Å². The number of halogens is 7. The number of nitrogens with zero attached hydrogens (tertiary/aromatic N) is 3. The molecule has 144 valence electrons. The number of aromatic nitrogens is 2. The molecule has 0 unspecified atom stereocenters. The molecule has 0 radical (unpaired) electrons. The van der Waals surface area contributed by atoms with E-state index in [4.69, 9.17) is 64.6 Å². The van der Waals surface area contributed by atoms with Crippen molar-refractivity contribution in [2.45, 2.75) is 38.4 Å². The molecule has 2 rings (SSSR count). The van der Waals surface area contributed by atoms with Crippen LogP contribution in [0.5, 0.6) is 0 Å². The minimum absolute atomic E-state index is 0.495. The molecular weight excluding hydrogens is 582 g/mol. The van der Waals surface area contributed by atoms with E-state index in [1.54, 1.807) is 0 Å². The SMILES string of the molecule is CC(C)(Cl)/N=N/C(C)(C)[n+]1cc2ccccc2[nH]1.[Cl][Sb-]([Cl])([Cl])([Cl])([Cl])[Cl]. The zero-order chi connectivity index (χ0) is 19.8. The summed E-state index contributed by atoms with van der Waals surface area (Å²) in [5.41, 5.74) is 0.580. The van der Waals surface area contributed by atoms with E-state index in [0.717, 1.165) is 10.9 Å². The van der Waals surface area contributed by atoms with Gasteiger partial charge in [-0.25, -0.2) is 0 Å². The van der Waals surface area contributed by atoms with Crippen LogP contribution in [-0.2, 0) is 5.66 Å². The van der Waals surface area contributed by atoms with Gasteiger partial charge >= 0.3 is 62.1 Å². The van der Waals surface area contributed by atoms with Gasteiger partial charge < -0.3 is 0 Å². The fourth-order valence-corrected chi connectivity index (χ4v) is 1.63. The second-order valence-electron chi connectivity index (χ2n) is 6.26. The molecule has 0 bridgehead atoms. The molecule has 1 heterocycles. The standard InChI is InChI=1S/C13H17ClN4.6ClH.Sb/c1-12(2,14)16-17-13(3,4)18-9-10-7-5-6-8-11(10)15-18;;;;;;;/h5-9H,1-4H3;6*1H;/q;;;;;;;+5/p-5/b17-16+;;;;;;;. The van der Waals surface area contributed by atoms with Crippen molar-refractivity contribution in [2.24, 2.45) is 10.2 Å². The molecule has 1 aromatic heterocycles. The molecule has 1 aromatic carbocycles. The number of hydrogen-bond donors (Lipinski definition) is 1. The van der Waals surface area contributed by atoms with E-state index in [1.165, 1.54) is 0 Å². The average Bonchev–Trinajstić information content (AvgIpc) is 2.76. The van der Waals surface area contributed by atoms with Gasteiger partial charge in [-0.3, -0.25) is 0 Å². The van der Waals surface area contributed by atoms with Crippen molar-refractivity contribution in [3.8, 4) is 0 Å². The molecular formula is C13H18Cl7N4Sb. The minimum atomic E-state index is -5.42. The van der Waals surface area contributed by atoms with Gasteiger partial charge in [0, 0.05) is 13.8 Å². The molecule has 0 aliphatic carbocycles. The number of alkyl halides is 1. The molecule has 0 saturated heterocycles. The Kier molecular flexibility index (Phi) is 6.95. The van der Waals surface area contributed by atoms with Crippen molar-refractivity contribution in [3.05, 3.63) is 30.5 Å². The molecule has 0 amide bonds. The summed E-state index contributed by atoms with van der Waals surface area (Å²) in [5.74, 6) is 0. The number of rotatable bonds is 3. The number of H-pyrrole nitrogens is 1. The Balaban J connectivity index is 0.000000381. The summed E-state index contributed by atoms with van der Waals surface area (Å²) in [7, 11) is 25.0. The van der Waals surface area contributed by atoms with Gasteiger partial charge in [0.1, 0.15) is 10.5 Å². The first-order chi connectivity index (χ1) is 10.7. The van der Waals surface area contributed by atoms with Crippen LogP contribution < -0.4 is 4.68 Å². The summed E-state index contributed by atoms with van der Waals surface area (Å²) >= 11 is 6.03. The monoisotopic (exact) mass is 596 g/mol. The predicted octanol–water partition coefficient (Wildman–Crippen LogP) is 7.33. The van der Waals surface area contributed by atoms with Crippen LogP contribution in [0.3, 0.4) is 0 Å². The second-order valence-corrected chi connectivity index (χ2v) is 64.1. The van der Waals surface area contributed by atoms with Crippen molar-refractivity contribution in [1.29, 1.82) is 0 Å². The molecule has 0 aliphatic heterocycles. The number of benzene rings is 1. The van der Waals surface area contributed by atoms with Crippen molar-refractivity contribution in [1.82, 2.24) is 5.10 Å². The molecule has 4 nitrogen and oxygen atoms in total. The van der Waals surface area contributed by atoms with Crippen LogP contribution >= 0.6 is 64.6 Å². The molecule has 2 aromatic rings. The number of nitrogens with one attached hydrogen (secondary N) is 1. The van der Waals surface area contributed by atoms with Crippen molar-refractivity contribution in [3.63, 3.8) is 0 Å². The van der Waals surface area contributed by atoms with Crippen molar-refractivity contribution in [2.75, 3.05) is 0 Å². The van der Waals surface area contributed by atoms with Gasteiger partial charge in [-0.15, -0.1) is 5.11 Å². The first-order valence-corrected chi connectivity index (χ1v) is 26.7. The van der Waals surface area contributed by atoms with E-state index >= 15 is 0 Å². The number of azo groups is 1. The van der Waals surface area contributed by atoms with E-state index in [-0.39, 0.29) is 0 Å². The summed E-state index contributed by atoms with van der Waals surface area (Å²) in [4.78, 5) is -0.677. The van der Waals surface area contributed by atoms with Gasteiger partial charge in [-0.2, -0.15) is 10.2 Å². The first kappa shape index (κ1) is 24.2. The van der Waals surface area contributed by atoms with E-state index in [0.29, 0.717) is 0 Å². The van der Waals surface area contributed by atoms with Crippen LogP contribution in [0.1, 0.15) is 27.7 Å². The Labute approximate surface area is 171 Å². The Hall–Kier alpha value is 1.14. The van der Waals surface area contributed by atoms with E-state index in [9.17, 15) is 0 Å². The van der Waals surface area contributed by atoms with Crippen molar-refractivity contribution < 1.29 is 4.68 Å². The quantitative estimate of drug-likeness (QED) is 0.126. The summed E-state index contributed by atoms with van der Waals surface area (Å²) in [6.07, 6.45) is 2.02. The van der Waals surface area contributed by atoms with Crippen LogP contribution in [0.25, 0.3) is 10.9 Å². The first-order valence-electron chi connectivity index (χ1n) is 6.92. The molecule has 0 atom stereocenters. The van der Waals surface area contributed by atoms with Crippen LogP contribution in [0.2, 0.25) is 0 Å². The zero-order valence-corrected chi connectivity index (χ0v) is 21.7. The number of hydrogen-bond acceptors (Lipinski definition) is 2. The maximum atomic E-state index is 6.03. The van der Waals surface area contributed by atoms with Gasteiger partial charge in [0.05, 0.1) is 5.39 Å². The number of fused-ring (bicyclic) bond motifs is 1. The molecule has 0 aliphatic rings. The molecule has 1 N–H and O–H groups in total. The van der Waals surface area contributed by atoms with E-state index in [1.807, 2.05) is 56.8 Å². The van der Waals surface area contributed by atoms with Crippen LogP contribution in [0, 0.1) is 0 Å². The molecule has 25 heavy (non-hydrogen) atoms. The molecule has 0 saturated carbocycles. The van der Waals surface area contributed by atoms with Crippen LogP contribution in [0.15, 0.2) is 40.7 Å².